The van der Waals surface area contributed by atoms with Crippen LogP contribution in [0, 0.1) is 0 Å². The Morgan fingerprint density at radius 1 is 0.750 bits per heavy atom. The first-order chi connectivity index (χ1) is 5.41. The molecule has 0 aromatic heterocycles. The number of hydrogen-bond acceptors (Lipinski definition) is 1. The van der Waals surface area contributed by atoms with Crippen LogP contribution in [0.15, 0.2) is 0 Å². The number of aliphatic hydroxyl groups excluding tert-OH is 1. The minimum absolute atomic E-state index is 0. The van der Waals surface area contributed by atoms with Crippen molar-refractivity contribution in [3.8, 4) is 0 Å². The number of halogens is 1. The summed E-state index contributed by atoms with van der Waals surface area (Å²) in [5, 5.41) is 8.51. The van der Waals surface area contributed by atoms with Gasteiger partial charge >= 0.3 is 0 Å². The first kappa shape index (κ1) is 14.4. The Bertz CT molecular complexity index is 58.9. The fourth-order valence-corrected chi connectivity index (χ4v) is 1.25. The first-order valence-electron chi connectivity index (χ1n) is 5.02. The SMILES string of the molecule is CCCCCCCCCCO.F. The maximum Gasteiger partial charge on any atom is 0.0431 e. The van der Waals surface area contributed by atoms with Crippen LogP contribution in [0.25, 0.3) is 0 Å². The number of aliphatic hydroxyl groups is 1. The van der Waals surface area contributed by atoms with Gasteiger partial charge in [0.1, 0.15) is 0 Å². The maximum absolute atomic E-state index is 8.51. The molecule has 0 aliphatic heterocycles. The highest BCUT2D eigenvalue weighted by atomic mass is 19.0. The van der Waals surface area contributed by atoms with E-state index in [0.717, 1.165) is 6.42 Å². The van der Waals surface area contributed by atoms with Crippen molar-refractivity contribution in [2.24, 2.45) is 0 Å². The molecule has 0 spiro atoms. The van der Waals surface area contributed by atoms with E-state index in [4.69, 9.17) is 5.11 Å². The fraction of sp³-hybridized carbons (Fsp3) is 1.00. The van der Waals surface area contributed by atoms with Gasteiger partial charge in [0.25, 0.3) is 0 Å². The third-order valence-electron chi connectivity index (χ3n) is 2.01. The number of rotatable bonds is 8. The minimum Gasteiger partial charge on any atom is -0.396 e. The smallest absolute Gasteiger partial charge is 0.0431 e. The van der Waals surface area contributed by atoms with E-state index in [2.05, 4.69) is 6.92 Å². The summed E-state index contributed by atoms with van der Waals surface area (Å²) in [6, 6.07) is 0. The summed E-state index contributed by atoms with van der Waals surface area (Å²) >= 11 is 0. The monoisotopic (exact) mass is 178 g/mol. The van der Waals surface area contributed by atoms with Gasteiger partial charge in [-0.15, -0.1) is 0 Å². The Labute approximate surface area is 75.5 Å². The van der Waals surface area contributed by atoms with Gasteiger partial charge in [0.05, 0.1) is 0 Å². The highest BCUT2D eigenvalue weighted by Crippen LogP contribution is 2.07. The van der Waals surface area contributed by atoms with E-state index >= 15 is 0 Å². The van der Waals surface area contributed by atoms with E-state index in [1.54, 1.807) is 0 Å². The standard InChI is InChI=1S/C10H22O.FH/c1-2-3-4-5-6-7-8-9-10-11;/h11H,2-10H2,1H3;1H. The average molecular weight is 178 g/mol. The van der Waals surface area contributed by atoms with Gasteiger partial charge in [0.15, 0.2) is 0 Å². The van der Waals surface area contributed by atoms with Crippen molar-refractivity contribution in [1.29, 1.82) is 0 Å². The van der Waals surface area contributed by atoms with E-state index in [-0.39, 0.29) is 4.70 Å². The average Bonchev–Trinajstić information content (AvgIpc) is 2.03. The molecule has 0 aromatic carbocycles. The Kier molecular flexibility index (Phi) is 16.2. The Hall–Kier alpha value is -0.110. The summed E-state index contributed by atoms with van der Waals surface area (Å²) in [6.45, 7) is 2.61. The molecule has 0 saturated heterocycles. The van der Waals surface area contributed by atoms with Gasteiger partial charge in [-0.2, -0.15) is 0 Å². The van der Waals surface area contributed by atoms with Gasteiger partial charge in [-0.05, 0) is 6.42 Å². The third-order valence-corrected chi connectivity index (χ3v) is 2.01. The van der Waals surface area contributed by atoms with E-state index in [0.29, 0.717) is 6.61 Å². The molecule has 0 rings (SSSR count). The fourth-order valence-electron chi connectivity index (χ4n) is 1.25. The van der Waals surface area contributed by atoms with Crippen molar-refractivity contribution in [3.05, 3.63) is 0 Å². The molecule has 0 fully saturated rings. The molecule has 0 aromatic rings. The van der Waals surface area contributed by atoms with Crippen LogP contribution in [0.3, 0.4) is 0 Å². The van der Waals surface area contributed by atoms with Crippen LogP contribution in [0.5, 0.6) is 0 Å². The molecule has 0 bridgehead atoms. The Morgan fingerprint density at radius 3 is 1.58 bits per heavy atom. The van der Waals surface area contributed by atoms with Gasteiger partial charge in [0.2, 0.25) is 0 Å². The van der Waals surface area contributed by atoms with E-state index < -0.39 is 0 Å². The molecule has 0 radical (unpaired) electrons. The summed E-state index contributed by atoms with van der Waals surface area (Å²) in [5.74, 6) is 0. The maximum atomic E-state index is 8.51. The summed E-state index contributed by atoms with van der Waals surface area (Å²) in [7, 11) is 0. The Balaban J connectivity index is 0. The van der Waals surface area contributed by atoms with Gasteiger partial charge in [-0.25, -0.2) is 0 Å². The lowest BCUT2D eigenvalue weighted by molar-refractivity contribution is 0.282. The van der Waals surface area contributed by atoms with Crippen molar-refractivity contribution in [2.75, 3.05) is 6.61 Å². The van der Waals surface area contributed by atoms with Crippen LogP contribution < -0.4 is 0 Å². The molecule has 76 valence electrons. The summed E-state index contributed by atoms with van der Waals surface area (Å²) < 4.78 is 0. The topological polar surface area (TPSA) is 20.2 Å². The second-order valence-electron chi connectivity index (χ2n) is 3.20. The van der Waals surface area contributed by atoms with Gasteiger partial charge < -0.3 is 5.11 Å². The molecule has 0 amide bonds. The molecular weight excluding hydrogens is 155 g/mol. The lowest BCUT2D eigenvalue weighted by Gasteiger charge is -1.98. The molecule has 12 heavy (non-hydrogen) atoms. The van der Waals surface area contributed by atoms with Crippen molar-refractivity contribution in [1.82, 2.24) is 0 Å². The van der Waals surface area contributed by atoms with Crippen LogP contribution in [0.4, 0.5) is 4.70 Å². The highest BCUT2D eigenvalue weighted by molar-refractivity contribution is 4.44. The van der Waals surface area contributed by atoms with E-state index in [1.165, 1.54) is 44.9 Å². The van der Waals surface area contributed by atoms with Crippen LogP contribution >= 0.6 is 0 Å². The predicted octanol–water partition coefficient (Wildman–Crippen LogP) is 3.27. The number of unbranched alkanes of at least 4 members (excludes halogenated alkanes) is 7. The summed E-state index contributed by atoms with van der Waals surface area (Å²) in [6.07, 6.45) is 10.4. The minimum atomic E-state index is 0. The molecule has 2 heteroatoms. The van der Waals surface area contributed by atoms with Gasteiger partial charge in [-0.3, -0.25) is 4.70 Å². The van der Waals surface area contributed by atoms with Gasteiger partial charge in [0, 0.05) is 6.61 Å². The second-order valence-corrected chi connectivity index (χ2v) is 3.20. The molecule has 0 aliphatic rings. The van der Waals surface area contributed by atoms with Crippen molar-refractivity contribution >= 4 is 0 Å². The lowest BCUT2D eigenvalue weighted by atomic mass is 10.1. The van der Waals surface area contributed by atoms with Crippen molar-refractivity contribution in [2.45, 2.75) is 58.3 Å². The zero-order valence-electron chi connectivity index (χ0n) is 8.22. The molecular formula is C10H23FO. The zero-order valence-corrected chi connectivity index (χ0v) is 8.22. The number of hydrogen-bond donors (Lipinski definition) is 1. The van der Waals surface area contributed by atoms with E-state index in [9.17, 15) is 0 Å². The molecule has 0 atom stereocenters. The molecule has 0 unspecified atom stereocenters. The third kappa shape index (κ3) is 12.6. The highest BCUT2D eigenvalue weighted by Gasteiger charge is 1.89. The molecule has 0 saturated carbocycles. The van der Waals surface area contributed by atoms with Crippen molar-refractivity contribution in [3.63, 3.8) is 0 Å². The molecule has 0 heterocycles. The quantitative estimate of drug-likeness (QED) is 0.565. The van der Waals surface area contributed by atoms with Gasteiger partial charge in [-0.1, -0.05) is 51.9 Å². The molecule has 1 N–H and O–H groups in total. The van der Waals surface area contributed by atoms with Crippen LogP contribution in [-0.2, 0) is 0 Å². The van der Waals surface area contributed by atoms with Crippen LogP contribution in [0.2, 0.25) is 0 Å². The largest absolute Gasteiger partial charge is 0.396 e. The van der Waals surface area contributed by atoms with Crippen molar-refractivity contribution < 1.29 is 9.81 Å². The lowest BCUT2D eigenvalue weighted by Crippen LogP contribution is -1.83. The predicted molar refractivity (Wildman–Crippen MR) is 52.2 cm³/mol. The van der Waals surface area contributed by atoms with Crippen LogP contribution in [0.1, 0.15) is 58.3 Å². The van der Waals surface area contributed by atoms with E-state index in [1.807, 2.05) is 0 Å². The summed E-state index contributed by atoms with van der Waals surface area (Å²) in [4.78, 5) is 0. The first-order valence-corrected chi connectivity index (χ1v) is 5.02. The second kappa shape index (κ2) is 13.5. The molecule has 0 aliphatic carbocycles. The zero-order chi connectivity index (χ0) is 8.36. The normalized spacial score (nSPS) is 9.50. The molecule has 1 nitrogen and oxygen atoms in total. The Morgan fingerprint density at radius 2 is 1.17 bits per heavy atom. The summed E-state index contributed by atoms with van der Waals surface area (Å²) in [5.41, 5.74) is 0. The van der Waals surface area contributed by atoms with Crippen LogP contribution in [-0.4, -0.2) is 11.7 Å².